The second-order valence-electron chi connectivity index (χ2n) is 7.41. The van der Waals surface area contributed by atoms with Gasteiger partial charge in [-0.15, -0.1) is 11.8 Å². The monoisotopic (exact) mass is 364 g/mol. The molecule has 2 fully saturated rings. The van der Waals surface area contributed by atoms with E-state index in [2.05, 4.69) is 0 Å². The van der Waals surface area contributed by atoms with Gasteiger partial charge in [-0.2, -0.15) is 10.5 Å². The van der Waals surface area contributed by atoms with Crippen molar-refractivity contribution in [3.8, 4) is 12.1 Å². The number of carbonyl (C=O) groups excluding carboxylic acids is 3. The molecule has 25 heavy (non-hydrogen) atoms. The Labute approximate surface area is 150 Å². The Morgan fingerprint density at radius 1 is 1.00 bits per heavy atom. The van der Waals surface area contributed by atoms with Gasteiger partial charge in [0, 0.05) is 16.6 Å². The lowest BCUT2D eigenvalue weighted by atomic mass is 9.36. The fraction of sp³-hybridized carbons (Fsp3) is 0.706. The van der Waals surface area contributed by atoms with Crippen molar-refractivity contribution in [2.24, 2.45) is 21.7 Å². The maximum Gasteiger partial charge on any atom is 0.330 e. The van der Waals surface area contributed by atoms with E-state index in [-0.39, 0.29) is 11.5 Å². The van der Waals surface area contributed by atoms with Crippen molar-refractivity contribution in [1.29, 1.82) is 10.5 Å². The first-order valence-electron chi connectivity index (χ1n) is 7.63. The van der Waals surface area contributed by atoms with E-state index in [1.54, 1.807) is 27.7 Å². The summed E-state index contributed by atoms with van der Waals surface area (Å²) in [5, 5.41) is 20.0. The fourth-order valence-electron chi connectivity index (χ4n) is 5.09. The Balaban J connectivity index is 2.98. The number of thioether (sulfide) groups is 1. The predicted molar refractivity (Wildman–Crippen MR) is 87.9 cm³/mol. The van der Waals surface area contributed by atoms with E-state index in [1.807, 2.05) is 12.1 Å². The molecule has 2 atom stereocenters. The Bertz CT molecular complexity index is 742. The molecule has 0 bridgehead atoms. The van der Waals surface area contributed by atoms with E-state index in [1.165, 1.54) is 0 Å². The van der Waals surface area contributed by atoms with E-state index in [0.29, 0.717) is 0 Å². The number of ketones is 1. The molecule has 0 radical (unpaired) electrons. The lowest BCUT2D eigenvalue weighted by Crippen LogP contribution is -2.80. The number of ether oxygens (including phenoxy) is 2. The number of nitriles is 2. The number of methoxy groups -OCH3 is 2. The Hall–Kier alpha value is -2.06. The van der Waals surface area contributed by atoms with Crippen LogP contribution >= 0.6 is 11.8 Å². The standard InChI is InChI=1S/C17H20N2O5S/c1-13(2)10(20)14(3,4)17(13)16(8-19,12(22)24-6)15(7-18,9-25-17)11(21)23-5/h9H2,1-6H3/t15-,16+/m1/s1. The molecule has 8 heteroatoms. The molecule has 2 aliphatic rings. The molecule has 0 aromatic heterocycles. The van der Waals surface area contributed by atoms with Gasteiger partial charge in [0.1, 0.15) is 5.78 Å². The van der Waals surface area contributed by atoms with Gasteiger partial charge in [-0.05, 0) is 0 Å². The average molecular weight is 364 g/mol. The average Bonchev–Trinajstić information content (AvgIpc) is 2.93. The van der Waals surface area contributed by atoms with Crippen molar-refractivity contribution in [2.75, 3.05) is 20.0 Å². The maximum absolute atomic E-state index is 12.9. The van der Waals surface area contributed by atoms with Crippen LogP contribution in [0.2, 0.25) is 0 Å². The molecule has 1 saturated carbocycles. The SMILES string of the molecule is COC(=O)[C@@]1(C#N)CSC2(C(C)(C)C(=O)C2(C)C)[C@@]1(C#N)C(=O)OC. The summed E-state index contributed by atoms with van der Waals surface area (Å²) in [6.07, 6.45) is 0. The second-order valence-corrected chi connectivity index (χ2v) is 8.60. The Kier molecular flexibility index (Phi) is 4.02. The van der Waals surface area contributed by atoms with Crippen molar-refractivity contribution in [3.63, 3.8) is 0 Å². The largest absolute Gasteiger partial charge is 0.468 e. The van der Waals surface area contributed by atoms with Crippen LogP contribution in [0.1, 0.15) is 27.7 Å². The topological polar surface area (TPSA) is 117 Å². The van der Waals surface area contributed by atoms with Gasteiger partial charge in [0.15, 0.2) is 5.41 Å². The van der Waals surface area contributed by atoms with E-state index in [4.69, 9.17) is 9.47 Å². The fourth-order valence-corrected chi connectivity index (χ4v) is 7.35. The minimum atomic E-state index is -2.18. The van der Waals surface area contributed by atoms with Crippen LogP contribution in [0.5, 0.6) is 0 Å². The smallest absolute Gasteiger partial charge is 0.330 e. The summed E-state index contributed by atoms with van der Waals surface area (Å²) in [4.78, 5) is 38.3. The van der Waals surface area contributed by atoms with Crippen LogP contribution in [0.4, 0.5) is 0 Å². The number of carbonyl (C=O) groups is 3. The van der Waals surface area contributed by atoms with Crippen LogP contribution in [0.25, 0.3) is 0 Å². The molecular weight excluding hydrogens is 344 g/mol. The van der Waals surface area contributed by atoms with Gasteiger partial charge in [-0.25, -0.2) is 0 Å². The second kappa shape index (κ2) is 5.22. The number of nitrogens with zero attached hydrogens (tertiary/aromatic N) is 2. The summed E-state index contributed by atoms with van der Waals surface area (Å²) >= 11 is 1.13. The molecule has 0 aromatic carbocycles. The molecule has 1 saturated heterocycles. The number of esters is 2. The van der Waals surface area contributed by atoms with Crippen LogP contribution in [0, 0.1) is 44.3 Å². The van der Waals surface area contributed by atoms with E-state index >= 15 is 0 Å². The first-order valence-corrected chi connectivity index (χ1v) is 8.62. The van der Waals surface area contributed by atoms with Gasteiger partial charge >= 0.3 is 11.9 Å². The van der Waals surface area contributed by atoms with Crippen LogP contribution in [0.15, 0.2) is 0 Å². The van der Waals surface area contributed by atoms with Gasteiger partial charge < -0.3 is 9.47 Å². The van der Waals surface area contributed by atoms with Crippen molar-refractivity contribution >= 4 is 29.5 Å². The van der Waals surface area contributed by atoms with Crippen molar-refractivity contribution in [3.05, 3.63) is 0 Å². The molecular formula is C17H20N2O5S. The van der Waals surface area contributed by atoms with Gasteiger partial charge in [-0.3, -0.25) is 14.4 Å². The molecule has 1 aliphatic heterocycles. The van der Waals surface area contributed by atoms with Gasteiger partial charge in [0.05, 0.1) is 31.1 Å². The lowest BCUT2D eigenvalue weighted by molar-refractivity contribution is -0.190. The normalized spacial score (nSPS) is 33.7. The molecule has 0 unspecified atom stereocenters. The van der Waals surface area contributed by atoms with E-state index in [0.717, 1.165) is 26.0 Å². The van der Waals surface area contributed by atoms with Gasteiger partial charge in [-0.1, -0.05) is 27.7 Å². The van der Waals surface area contributed by atoms with Crippen LogP contribution in [-0.4, -0.2) is 42.4 Å². The third kappa shape index (κ3) is 1.55. The Morgan fingerprint density at radius 2 is 1.48 bits per heavy atom. The highest BCUT2D eigenvalue weighted by Gasteiger charge is 2.91. The van der Waals surface area contributed by atoms with Crippen LogP contribution in [0.3, 0.4) is 0 Å². The third-order valence-corrected chi connectivity index (χ3v) is 8.29. The molecule has 0 amide bonds. The summed E-state index contributed by atoms with van der Waals surface area (Å²) < 4.78 is 8.37. The zero-order chi connectivity index (χ0) is 19.5. The quantitative estimate of drug-likeness (QED) is 0.676. The summed E-state index contributed by atoms with van der Waals surface area (Å²) in [5.74, 6) is -2.26. The van der Waals surface area contributed by atoms with E-state index < -0.39 is 38.3 Å². The van der Waals surface area contributed by atoms with Crippen LogP contribution in [-0.2, 0) is 23.9 Å². The minimum absolute atomic E-state index is 0.140. The molecule has 7 nitrogen and oxygen atoms in total. The van der Waals surface area contributed by atoms with Crippen molar-refractivity contribution < 1.29 is 23.9 Å². The predicted octanol–water partition coefficient (Wildman–Crippen LogP) is 1.47. The Morgan fingerprint density at radius 3 is 1.84 bits per heavy atom. The summed E-state index contributed by atoms with van der Waals surface area (Å²) in [6, 6.07) is 3.81. The molecule has 1 spiro atoms. The maximum atomic E-state index is 12.9. The summed E-state index contributed by atoms with van der Waals surface area (Å²) in [5.41, 5.74) is -6.47. The molecule has 1 heterocycles. The zero-order valence-electron chi connectivity index (χ0n) is 15.1. The number of hydrogen-bond donors (Lipinski definition) is 0. The van der Waals surface area contributed by atoms with Gasteiger partial charge in [0.2, 0.25) is 5.41 Å². The van der Waals surface area contributed by atoms with Crippen LogP contribution < -0.4 is 0 Å². The molecule has 134 valence electrons. The number of rotatable bonds is 2. The van der Waals surface area contributed by atoms with Gasteiger partial charge in [0.25, 0.3) is 0 Å². The summed E-state index contributed by atoms with van der Waals surface area (Å²) in [7, 11) is 2.19. The number of hydrogen-bond acceptors (Lipinski definition) is 8. The molecule has 0 N–H and O–H groups in total. The highest BCUT2D eigenvalue weighted by molar-refractivity contribution is 8.01. The third-order valence-electron chi connectivity index (χ3n) is 5.95. The number of Topliss-reactive ketones (excluding diaryl/α,β-unsaturated/α-hetero) is 1. The minimum Gasteiger partial charge on any atom is -0.468 e. The highest BCUT2D eigenvalue weighted by atomic mass is 32.2. The highest BCUT2D eigenvalue weighted by Crippen LogP contribution is 2.79. The zero-order valence-corrected chi connectivity index (χ0v) is 15.9. The molecule has 1 aliphatic carbocycles. The molecule has 2 rings (SSSR count). The first-order chi connectivity index (χ1) is 11.4. The first kappa shape index (κ1) is 19.3. The van der Waals surface area contributed by atoms with Crippen molar-refractivity contribution in [1.82, 2.24) is 0 Å². The summed E-state index contributed by atoms with van der Waals surface area (Å²) in [6.45, 7) is 6.53. The van der Waals surface area contributed by atoms with Crippen molar-refractivity contribution in [2.45, 2.75) is 32.4 Å². The lowest BCUT2D eigenvalue weighted by Gasteiger charge is -2.67. The van der Waals surface area contributed by atoms with E-state index in [9.17, 15) is 24.9 Å². The molecule has 0 aromatic rings.